The van der Waals surface area contributed by atoms with Crippen LogP contribution in [0.1, 0.15) is 20.8 Å². The van der Waals surface area contributed by atoms with E-state index >= 15 is 0 Å². The summed E-state index contributed by atoms with van der Waals surface area (Å²) >= 11 is 0. The average Bonchev–Trinajstić information content (AvgIpc) is 0.811. The smallest absolute Gasteiger partial charge is 0 e. The first-order valence-corrected chi connectivity index (χ1v) is 1.50. The van der Waals surface area contributed by atoms with E-state index in [9.17, 15) is 0 Å². The predicted molar refractivity (Wildman–Crippen MR) is 20.3 cm³/mol. The van der Waals surface area contributed by atoms with Gasteiger partial charge in [0, 0.05) is 16.8 Å². The van der Waals surface area contributed by atoms with Crippen molar-refractivity contribution in [2.45, 2.75) is 20.8 Å². The van der Waals surface area contributed by atoms with E-state index in [1.54, 1.807) is 0 Å². The molecule has 0 bridgehead atoms. The van der Waals surface area contributed by atoms with Crippen molar-refractivity contribution < 1.29 is 16.8 Å². The van der Waals surface area contributed by atoms with Crippen molar-refractivity contribution in [1.29, 1.82) is 0 Å². The molecule has 0 heterocycles. The Balaban J connectivity index is 0. The minimum absolute atomic E-state index is 0. The van der Waals surface area contributed by atoms with Gasteiger partial charge in [-0.05, 0) is 0 Å². The van der Waals surface area contributed by atoms with Crippen LogP contribution in [0, 0.1) is 5.92 Å². The van der Waals surface area contributed by atoms with E-state index in [0.717, 1.165) is 0 Å². The normalized spacial score (nSPS) is 7.20. The van der Waals surface area contributed by atoms with Crippen LogP contribution in [0.3, 0.4) is 0 Å². The van der Waals surface area contributed by atoms with Crippen LogP contribution in [-0.2, 0) is 16.8 Å². The van der Waals surface area contributed by atoms with Gasteiger partial charge < -0.3 is 5.92 Å². The molecule has 0 saturated heterocycles. The van der Waals surface area contributed by atoms with Gasteiger partial charge >= 0.3 is 0 Å². The van der Waals surface area contributed by atoms with E-state index in [-0.39, 0.29) is 16.8 Å². The third-order valence-corrected chi connectivity index (χ3v) is 0. The van der Waals surface area contributed by atoms with Crippen molar-refractivity contribution in [3.8, 4) is 0 Å². The summed E-state index contributed by atoms with van der Waals surface area (Å²) < 4.78 is 0. The molecule has 0 aliphatic carbocycles. The Morgan fingerprint density at radius 1 is 1.00 bits per heavy atom. The van der Waals surface area contributed by atoms with Crippen molar-refractivity contribution in [3.05, 3.63) is 5.92 Å². The fraction of sp³-hybridized carbons (Fsp3) is 0.750. The van der Waals surface area contributed by atoms with Crippen LogP contribution in [0.4, 0.5) is 0 Å². The summed E-state index contributed by atoms with van der Waals surface area (Å²) in [6, 6.07) is 0. The van der Waals surface area contributed by atoms with E-state index in [0.29, 0.717) is 0 Å². The van der Waals surface area contributed by atoms with Crippen molar-refractivity contribution in [2.24, 2.45) is 0 Å². The van der Waals surface area contributed by atoms with Gasteiger partial charge in [0.05, 0.1) is 0 Å². The maximum absolute atomic E-state index is 2.08. The molecule has 0 aromatic rings. The number of hydrogen-bond acceptors (Lipinski definition) is 0. The second-order valence-corrected chi connectivity index (χ2v) is 1.50. The molecule has 35 valence electrons. The van der Waals surface area contributed by atoms with Gasteiger partial charge in [0.2, 0.25) is 0 Å². The van der Waals surface area contributed by atoms with Gasteiger partial charge in [-0.1, -0.05) is 0 Å². The summed E-state index contributed by atoms with van der Waals surface area (Å²) in [5, 5.41) is 0. The molecule has 0 rings (SSSR count). The Labute approximate surface area is 44.2 Å². The molecule has 0 spiro atoms. The van der Waals surface area contributed by atoms with Gasteiger partial charge in [-0.25, -0.2) is 0 Å². The van der Waals surface area contributed by atoms with Gasteiger partial charge in [-0.15, -0.1) is 0 Å². The Bertz CT molecular complexity index is 8.36. The van der Waals surface area contributed by atoms with E-state index in [1.807, 2.05) is 0 Å². The maximum Gasteiger partial charge on any atom is 0 e. The third kappa shape index (κ3) is 110. The minimum atomic E-state index is 0. The molecule has 0 N–H and O–H groups in total. The second kappa shape index (κ2) is 4.51. The molecule has 0 nitrogen and oxygen atoms in total. The van der Waals surface area contributed by atoms with Crippen LogP contribution in [0.5, 0.6) is 0 Å². The van der Waals surface area contributed by atoms with Crippen molar-refractivity contribution >= 4 is 0 Å². The molecule has 0 aliphatic rings. The summed E-state index contributed by atoms with van der Waals surface area (Å²) in [6.45, 7) is 6.25. The Morgan fingerprint density at radius 3 is 1.00 bits per heavy atom. The van der Waals surface area contributed by atoms with E-state index < -0.39 is 0 Å². The van der Waals surface area contributed by atoms with Gasteiger partial charge in [0.1, 0.15) is 0 Å². The predicted octanol–water partition coefficient (Wildman–Crippen LogP) is 1.62. The fourth-order valence-electron chi connectivity index (χ4n) is 0. The molecule has 1 radical (unpaired) electrons. The molecular weight excluding hydrogens is 107 g/mol. The summed E-state index contributed by atoms with van der Waals surface area (Å²) in [5.74, 6) is 1.42. The fourth-order valence-corrected chi connectivity index (χ4v) is 0. The van der Waals surface area contributed by atoms with Crippen molar-refractivity contribution in [1.82, 2.24) is 0 Å². The van der Waals surface area contributed by atoms with Crippen LogP contribution >= 0.6 is 0 Å². The summed E-state index contributed by atoms with van der Waals surface area (Å²) in [7, 11) is 0. The van der Waals surface area contributed by atoms with E-state index in [2.05, 4.69) is 20.8 Å². The second-order valence-electron chi connectivity index (χ2n) is 1.50. The largest absolute Gasteiger partial charge is 0.323 e. The topological polar surface area (TPSA) is 0 Å². The molecule has 0 fully saturated rings. The first-order chi connectivity index (χ1) is 1.73. The molecule has 5 heavy (non-hydrogen) atoms. The van der Waals surface area contributed by atoms with Crippen LogP contribution < -0.4 is 0 Å². The summed E-state index contributed by atoms with van der Waals surface area (Å²) in [5.41, 5.74) is 0. The Kier molecular flexibility index (Phi) is 8.20. The van der Waals surface area contributed by atoms with Crippen LogP contribution in [0.25, 0.3) is 0 Å². The first kappa shape index (κ1) is 9.10. The van der Waals surface area contributed by atoms with Crippen LogP contribution in [-0.4, -0.2) is 0 Å². The summed E-state index contributed by atoms with van der Waals surface area (Å²) in [6.07, 6.45) is 0. The van der Waals surface area contributed by atoms with Gasteiger partial charge in [-0.2, -0.15) is 20.8 Å². The molecule has 1 heteroatoms. The number of hydrogen-bond donors (Lipinski definition) is 0. The van der Waals surface area contributed by atoms with Crippen molar-refractivity contribution in [3.63, 3.8) is 0 Å². The van der Waals surface area contributed by atoms with Crippen LogP contribution in [0.2, 0.25) is 0 Å². The zero-order valence-electron chi connectivity index (χ0n) is 3.83. The Morgan fingerprint density at radius 2 is 1.00 bits per heavy atom. The molecule has 0 saturated carbocycles. The Hall–Kier alpha value is 0.506. The first-order valence-electron chi connectivity index (χ1n) is 1.50. The van der Waals surface area contributed by atoms with Crippen LogP contribution in [0.15, 0.2) is 0 Å². The van der Waals surface area contributed by atoms with Gasteiger partial charge in [-0.3, -0.25) is 0 Å². The monoisotopic (exact) mass is 116 g/mol. The van der Waals surface area contributed by atoms with E-state index in [4.69, 9.17) is 0 Å². The van der Waals surface area contributed by atoms with Crippen molar-refractivity contribution in [2.75, 3.05) is 0 Å². The average molecular weight is 116 g/mol. The van der Waals surface area contributed by atoms with Gasteiger partial charge in [0.15, 0.2) is 0 Å². The molecule has 0 amide bonds. The zero-order chi connectivity index (χ0) is 3.58. The van der Waals surface area contributed by atoms with E-state index in [1.165, 1.54) is 5.92 Å². The molecule has 0 aromatic heterocycles. The quantitative estimate of drug-likeness (QED) is 0.422. The molecule has 0 atom stereocenters. The standard InChI is InChI=1S/C4H9.Co/c1-4(2)3;/h1-3H3;/q-1;. The SMILES string of the molecule is C[C-](C)C.[Co]. The summed E-state index contributed by atoms with van der Waals surface area (Å²) in [4.78, 5) is 0. The minimum Gasteiger partial charge on any atom is -0.323 e. The van der Waals surface area contributed by atoms with Gasteiger partial charge in [0.25, 0.3) is 0 Å². The number of rotatable bonds is 0. The molecule has 0 aliphatic heterocycles. The maximum atomic E-state index is 2.08. The molecule has 0 aromatic carbocycles. The molecular formula is C4H9Co-. The third-order valence-electron chi connectivity index (χ3n) is 0. The zero-order valence-corrected chi connectivity index (χ0v) is 4.87. The molecule has 0 unspecified atom stereocenters.